The number of nitriles is 1. The number of nitro groups is 1. The molecule has 24 heavy (non-hydrogen) atoms. The van der Waals surface area contributed by atoms with Crippen LogP contribution in [0.1, 0.15) is 25.0 Å². The van der Waals surface area contributed by atoms with Crippen molar-refractivity contribution in [3.05, 3.63) is 68.2 Å². The summed E-state index contributed by atoms with van der Waals surface area (Å²) >= 11 is 3.46. The number of ether oxygens (including phenoxy) is 1. The highest BCUT2D eigenvalue weighted by atomic mass is 79.9. The lowest BCUT2D eigenvalue weighted by Gasteiger charge is -2.11. The largest absolute Gasteiger partial charge is 0.490 e. The summed E-state index contributed by atoms with van der Waals surface area (Å²) in [5.74, 6) is 0.732. The minimum atomic E-state index is -0.468. The lowest BCUT2D eigenvalue weighted by atomic mass is 10.0. The molecule has 0 aliphatic heterocycles. The van der Waals surface area contributed by atoms with Crippen LogP contribution in [0.2, 0.25) is 0 Å². The van der Waals surface area contributed by atoms with Gasteiger partial charge in [-0.3, -0.25) is 10.1 Å². The van der Waals surface area contributed by atoms with Gasteiger partial charge in [0.05, 0.1) is 27.1 Å². The maximum absolute atomic E-state index is 10.7. The Hall–Kier alpha value is -2.65. The molecule has 0 saturated carbocycles. The number of nitro benzene ring substituents is 1. The fraction of sp³-hybridized carbons (Fsp3) is 0.167. The SMILES string of the molecule is CC(C)Oc1ccc(/C=C(/C#N)c2ccc([N+](=O)[O-])cc2)cc1Br. The molecule has 0 amide bonds. The summed E-state index contributed by atoms with van der Waals surface area (Å²) in [4.78, 5) is 10.2. The van der Waals surface area contributed by atoms with Crippen LogP contribution in [-0.4, -0.2) is 11.0 Å². The number of halogens is 1. The molecular weight excluding hydrogens is 372 g/mol. The van der Waals surface area contributed by atoms with Gasteiger partial charge in [-0.1, -0.05) is 6.07 Å². The number of nitrogens with zero attached hydrogens (tertiary/aromatic N) is 2. The molecule has 0 fully saturated rings. The van der Waals surface area contributed by atoms with Gasteiger partial charge in [-0.15, -0.1) is 0 Å². The van der Waals surface area contributed by atoms with Crippen molar-refractivity contribution in [1.82, 2.24) is 0 Å². The van der Waals surface area contributed by atoms with Gasteiger partial charge in [-0.25, -0.2) is 0 Å². The maximum atomic E-state index is 10.7. The summed E-state index contributed by atoms with van der Waals surface area (Å²) in [5, 5.41) is 20.1. The van der Waals surface area contributed by atoms with Crippen molar-refractivity contribution >= 4 is 33.3 Å². The first-order valence-corrected chi connectivity index (χ1v) is 8.03. The first-order valence-electron chi connectivity index (χ1n) is 7.23. The van der Waals surface area contributed by atoms with Crippen LogP contribution in [0.15, 0.2) is 46.9 Å². The average Bonchev–Trinajstić information content (AvgIpc) is 2.55. The van der Waals surface area contributed by atoms with E-state index in [2.05, 4.69) is 22.0 Å². The van der Waals surface area contributed by atoms with E-state index in [1.807, 2.05) is 32.0 Å². The molecule has 0 bridgehead atoms. The molecule has 2 aromatic rings. The fourth-order valence-corrected chi connectivity index (χ4v) is 2.56. The first kappa shape index (κ1) is 17.7. The van der Waals surface area contributed by atoms with Gasteiger partial charge < -0.3 is 4.74 Å². The molecule has 2 rings (SSSR count). The lowest BCUT2D eigenvalue weighted by Crippen LogP contribution is -2.05. The molecule has 0 spiro atoms. The maximum Gasteiger partial charge on any atom is 0.269 e. The van der Waals surface area contributed by atoms with E-state index in [-0.39, 0.29) is 11.8 Å². The molecule has 0 radical (unpaired) electrons. The Bertz CT molecular complexity index is 821. The van der Waals surface area contributed by atoms with Crippen LogP contribution in [0.25, 0.3) is 11.6 Å². The normalized spacial score (nSPS) is 11.2. The molecule has 0 unspecified atom stereocenters. The first-order chi connectivity index (χ1) is 11.4. The zero-order chi connectivity index (χ0) is 17.7. The molecule has 5 nitrogen and oxygen atoms in total. The van der Waals surface area contributed by atoms with Crippen LogP contribution in [0.4, 0.5) is 5.69 Å². The highest BCUT2D eigenvalue weighted by Gasteiger charge is 2.08. The standard InChI is InChI=1S/C18H15BrN2O3/c1-12(2)24-18-8-3-13(10-17(18)19)9-15(11-20)14-4-6-16(7-5-14)21(22)23/h3-10,12H,1-2H3/b15-9-. The molecular formula is C18H15BrN2O3. The molecule has 6 heteroatoms. The van der Waals surface area contributed by atoms with Crippen LogP contribution in [0, 0.1) is 21.4 Å². The molecule has 122 valence electrons. The highest BCUT2D eigenvalue weighted by molar-refractivity contribution is 9.10. The number of hydrogen-bond donors (Lipinski definition) is 0. The summed E-state index contributed by atoms with van der Waals surface area (Å²) in [6, 6.07) is 13.6. The van der Waals surface area contributed by atoms with Gasteiger partial charge in [0, 0.05) is 12.1 Å². The second-order valence-electron chi connectivity index (χ2n) is 5.33. The van der Waals surface area contributed by atoms with E-state index in [9.17, 15) is 15.4 Å². The summed E-state index contributed by atoms with van der Waals surface area (Å²) in [6.07, 6.45) is 1.79. The van der Waals surface area contributed by atoms with Gasteiger partial charge in [0.1, 0.15) is 5.75 Å². The Kier molecular flexibility index (Phi) is 5.72. The summed E-state index contributed by atoms with van der Waals surface area (Å²) in [7, 11) is 0. The van der Waals surface area contributed by atoms with Crippen LogP contribution < -0.4 is 4.74 Å². The van der Waals surface area contributed by atoms with Gasteiger partial charge in [0.25, 0.3) is 5.69 Å². The van der Waals surface area contributed by atoms with Crippen LogP contribution in [0.3, 0.4) is 0 Å². The van der Waals surface area contributed by atoms with Crippen molar-refractivity contribution in [2.24, 2.45) is 0 Å². The number of benzene rings is 2. The molecule has 0 heterocycles. The second-order valence-corrected chi connectivity index (χ2v) is 6.18. The summed E-state index contributed by atoms with van der Waals surface area (Å²) in [6.45, 7) is 3.89. The molecule has 0 aliphatic carbocycles. The Balaban J connectivity index is 2.32. The van der Waals surface area contributed by atoms with E-state index in [0.29, 0.717) is 11.1 Å². The molecule has 0 N–H and O–H groups in total. The number of hydrogen-bond acceptors (Lipinski definition) is 4. The quantitative estimate of drug-likeness (QED) is 0.306. The van der Waals surface area contributed by atoms with Gasteiger partial charge in [0.2, 0.25) is 0 Å². The Morgan fingerprint density at radius 1 is 1.29 bits per heavy atom. The topological polar surface area (TPSA) is 76.2 Å². The monoisotopic (exact) mass is 386 g/mol. The van der Waals surface area contributed by atoms with Crippen LogP contribution >= 0.6 is 15.9 Å². The predicted molar refractivity (Wildman–Crippen MR) is 96.5 cm³/mol. The third-order valence-corrected chi connectivity index (χ3v) is 3.76. The highest BCUT2D eigenvalue weighted by Crippen LogP contribution is 2.29. The van der Waals surface area contributed by atoms with Gasteiger partial charge in [0.15, 0.2) is 0 Å². The van der Waals surface area contributed by atoms with Crippen molar-refractivity contribution < 1.29 is 9.66 Å². The Morgan fingerprint density at radius 3 is 2.46 bits per heavy atom. The van der Waals surface area contributed by atoms with Crippen molar-refractivity contribution in [2.45, 2.75) is 20.0 Å². The summed E-state index contributed by atoms with van der Waals surface area (Å²) in [5.41, 5.74) is 1.87. The number of allylic oxidation sites excluding steroid dienone is 1. The molecule has 0 atom stereocenters. The fourth-order valence-electron chi connectivity index (χ4n) is 2.07. The molecule has 0 saturated heterocycles. The average molecular weight is 387 g/mol. The smallest absolute Gasteiger partial charge is 0.269 e. The zero-order valence-corrected chi connectivity index (χ0v) is 14.8. The minimum Gasteiger partial charge on any atom is -0.490 e. The van der Waals surface area contributed by atoms with E-state index in [1.54, 1.807) is 18.2 Å². The van der Waals surface area contributed by atoms with E-state index in [4.69, 9.17) is 4.74 Å². The van der Waals surface area contributed by atoms with E-state index in [1.165, 1.54) is 12.1 Å². The van der Waals surface area contributed by atoms with E-state index >= 15 is 0 Å². The number of non-ortho nitro benzene ring substituents is 1. The van der Waals surface area contributed by atoms with E-state index < -0.39 is 4.92 Å². The molecule has 0 aromatic heterocycles. The van der Waals surface area contributed by atoms with Crippen molar-refractivity contribution in [1.29, 1.82) is 5.26 Å². The molecule has 0 aliphatic rings. The van der Waals surface area contributed by atoms with Crippen LogP contribution in [0.5, 0.6) is 5.75 Å². The third-order valence-electron chi connectivity index (χ3n) is 3.14. The minimum absolute atomic E-state index is 0.00558. The van der Waals surface area contributed by atoms with Gasteiger partial charge in [-0.05, 0) is 71.2 Å². The third kappa shape index (κ3) is 4.43. The summed E-state index contributed by atoms with van der Waals surface area (Å²) < 4.78 is 6.45. The Labute approximate surface area is 148 Å². The zero-order valence-electron chi connectivity index (χ0n) is 13.2. The van der Waals surface area contributed by atoms with E-state index in [0.717, 1.165) is 15.8 Å². The molecule has 2 aromatic carbocycles. The lowest BCUT2D eigenvalue weighted by molar-refractivity contribution is -0.384. The van der Waals surface area contributed by atoms with Crippen molar-refractivity contribution in [3.8, 4) is 11.8 Å². The van der Waals surface area contributed by atoms with Gasteiger partial charge >= 0.3 is 0 Å². The predicted octanol–water partition coefficient (Wildman–Crippen LogP) is 5.21. The Morgan fingerprint density at radius 2 is 1.96 bits per heavy atom. The van der Waals surface area contributed by atoms with Crippen LogP contribution in [-0.2, 0) is 0 Å². The number of rotatable bonds is 5. The van der Waals surface area contributed by atoms with Gasteiger partial charge in [-0.2, -0.15) is 5.26 Å². The second kappa shape index (κ2) is 7.75. The van der Waals surface area contributed by atoms with Crippen molar-refractivity contribution in [3.63, 3.8) is 0 Å². The van der Waals surface area contributed by atoms with Crippen molar-refractivity contribution in [2.75, 3.05) is 0 Å².